The summed E-state index contributed by atoms with van der Waals surface area (Å²) < 4.78 is 1.95. The fourth-order valence-corrected chi connectivity index (χ4v) is 1.94. The van der Waals surface area contributed by atoms with Gasteiger partial charge in [0.1, 0.15) is 6.33 Å². The summed E-state index contributed by atoms with van der Waals surface area (Å²) in [7, 11) is 0. The number of thioether (sulfide) groups is 1. The molecular weight excluding hydrogens is 212 g/mol. The minimum Gasteiger partial charge on any atom is -0.356 e. The van der Waals surface area contributed by atoms with Gasteiger partial charge >= 0.3 is 0 Å². The van der Waals surface area contributed by atoms with E-state index in [-0.39, 0.29) is 5.91 Å². The maximum absolute atomic E-state index is 11.2. The number of nitrogens with one attached hydrogen (secondary N) is 1. The molecule has 1 rings (SSSR count). The molecule has 84 valence electrons. The Kier molecular flexibility index (Phi) is 4.61. The Hall–Kier alpha value is -1.04. The van der Waals surface area contributed by atoms with Crippen LogP contribution in [-0.4, -0.2) is 33.0 Å². The maximum Gasteiger partial charge on any atom is 0.230 e. The summed E-state index contributed by atoms with van der Waals surface area (Å²) in [6.45, 7) is 6.68. The highest BCUT2D eigenvalue weighted by Crippen LogP contribution is 2.18. The van der Waals surface area contributed by atoms with Gasteiger partial charge in [-0.15, -0.1) is 10.2 Å². The maximum atomic E-state index is 11.2. The first-order valence-electron chi connectivity index (χ1n) is 4.94. The number of amides is 1. The molecule has 0 unspecified atom stereocenters. The molecule has 1 amide bonds. The van der Waals surface area contributed by atoms with Gasteiger partial charge in [0.15, 0.2) is 5.16 Å². The van der Waals surface area contributed by atoms with E-state index in [0.29, 0.717) is 18.3 Å². The van der Waals surface area contributed by atoms with Gasteiger partial charge in [0.25, 0.3) is 0 Å². The molecule has 15 heavy (non-hydrogen) atoms. The first-order valence-corrected chi connectivity index (χ1v) is 5.92. The predicted molar refractivity (Wildman–Crippen MR) is 59.8 cm³/mol. The molecule has 0 atom stereocenters. The van der Waals surface area contributed by atoms with Crippen LogP contribution in [0.5, 0.6) is 0 Å². The summed E-state index contributed by atoms with van der Waals surface area (Å²) in [5.74, 6) is 0.417. The van der Waals surface area contributed by atoms with Crippen molar-refractivity contribution in [1.82, 2.24) is 20.1 Å². The van der Waals surface area contributed by atoms with E-state index in [1.165, 1.54) is 11.8 Å². The van der Waals surface area contributed by atoms with Crippen LogP contribution in [0.25, 0.3) is 0 Å². The SMILES string of the molecule is CCNC(=O)CSc1nncn1C(C)C. The highest BCUT2D eigenvalue weighted by atomic mass is 32.2. The molecule has 1 heterocycles. The summed E-state index contributed by atoms with van der Waals surface area (Å²) in [5.41, 5.74) is 0. The van der Waals surface area contributed by atoms with Crippen molar-refractivity contribution >= 4 is 17.7 Å². The lowest BCUT2D eigenvalue weighted by atomic mass is 10.4. The van der Waals surface area contributed by atoms with Crippen LogP contribution in [0.1, 0.15) is 26.8 Å². The van der Waals surface area contributed by atoms with Crippen molar-refractivity contribution in [2.75, 3.05) is 12.3 Å². The van der Waals surface area contributed by atoms with E-state index < -0.39 is 0 Å². The van der Waals surface area contributed by atoms with Gasteiger partial charge in [-0.2, -0.15) is 0 Å². The zero-order valence-corrected chi connectivity index (χ0v) is 10.0. The van der Waals surface area contributed by atoms with E-state index >= 15 is 0 Å². The fraction of sp³-hybridized carbons (Fsp3) is 0.667. The average molecular weight is 228 g/mol. The third-order valence-corrected chi connectivity index (χ3v) is 2.76. The van der Waals surface area contributed by atoms with Crippen LogP contribution in [-0.2, 0) is 4.79 Å². The van der Waals surface area contributed by atoms with Crippen molar-refractivity contribution in [3.63, 3.8) is 0 Å². The van der Waals surface area contributed by atoms with E-state index in [0.717, 1.165) is 5.16 Å². The van der Waals surface area contributed by atoms with Gasteiger partial charge in [0, 0.05) is 12.6 Å². The van der Waals surface area contributed by atoms with Crippen LogP contribution < -0.4 is 5.32 Å². The topological polar surface area (TPSA) is 59.8 Å². The zero-order chi connectivity index (χ0) is 11.3. The molecule has 0 aliphatic rings. The molecule has 0 spiro atoms. The lowest BCUT2D eigenvalue weighted by molar-refractivity contribution is -0.118. The monoisotopic (exact) mass is 228 g/mol. The molecule has 0 aliphatic heterocycles. The highest BCUT2D eigenvalue weighted by Gasteiger charge is 2.09. The first kappa shape index (κ1) is 12.0. The molecule has 0 aromatic carbocycles. The first-order chi connectivity index (χ1) is 7.15. The Morgan fingerprint density at radius 1 is 1.67 bits per heavy atom. The third-order valence-electron chi connectivity index (χ3n) is 1.80. The molecule has 1 aromatic rings. The fourth-order valence-electron chi connectivity index (χ4n) is 1.07. The van der Waals surface area contributed by atoms with Crippen LogP contribution in [0.2, 0.25) is 0 Å². The Labute approximate surface area is 93.6 Å². The van der Waals surface area contributed by atoms with Crippen LogP contribution in [0, 0.1) is 0 Å². The van der Waals surface area contributed by atoms with Gasteiger partial charge in [-0.1, -0.05) is 11.8 Å². The van der Waals surface area contributed by atoms with E-state index in [1.54, 1.807) is 6.33 Å². The molecule has 0 saturated heterocycles. The Morgan fingerprint density at radius 3 is 3.00 bits per heavy atom. The van der Waals surface area contributed by atoms with Crippen molar-refractivity contribution in [3.05, 3.63) is 6.33 Å². The summed E-state index contributed by atoms with van der Waals surface area (Å²) in [4.78, 5) is 11.2. The molecule has 6 heteroatoms. The third kappa shape index (κ3) is 3.54. The molecular formula is C9H16N4OS. The number of carbonyl (C=O) groups excluding carboxylic acids is 1. The minimum absolute atomic E-state index is 0.0285. The number of hydrogen-bond donors (Lipinski definition) is 1. The minimum atomic E-state index is 0.0285. The summed E-state index contributed by atoms with van der Waals surface area (Å²) in [5, 5.41) is 11.3. The predicted octanol–water partition coefficient (Wildman–Crippen LogP) is 1.09. The van der Waals surface area contributed by atoms with Gasteiger partial charge in [-0.25, -0.2) is 0 Å². The van der Waals surface area contributed by atoms with Gasteiger partial charge in [-0.3, -0.25) is 4.79 Å². The molecule has 1 N–H and O–H groups in total. The number of hydrogen-bond acceptors (Lipinski definition) is 4. The van der Waals surface area contributed by atoms with Gasteiger partial charge in [0.2, 0.25) is 5.91 Å². The lowest BCUT2D eigenvalue weighted by Gasteiger charge is -2.08. The van der Waals surface area contributed by atoms with Crippen LogP contribution in [0.4, 0.5) is 0 Å². The van der Waals surface area contributed by atoms with Crippen molar-refractivity contribution in [2.24, 2.45) is 0 Å². The van der Waals surface area contributed by atoms with Crippen molar-refractivity contribution < 1.29 is 4.79 Å². The summed E-state index contributed by atoms with van der Waals surface area (Å²) in [6, 6.07) is 0.316. The van der Waals surface area contributed by atoms with E-state index in [1.807, 2.05) is 11.5 Å². The average Bonchev–Trinajstić information content (AvgIpc) is 2.63. The normalized spacial score (nSPS) is 10.7. The Balaban J connectivity index is 2.50. The second kappa shape index (κ2) is 5.75. The highest BCUT2D eigenvalue weighted by molar-refractivity contribution is 7.99. The largest absolute Gasteiger partial charge is 0.356 e. The number of rotatable bonds is 5. The number of nitrogens with zero attached hydrogens (tertiary/aromatic N) is 3. The molecule has 0 radical (unpaired) electrons. The van der Waals surface area contributed by atoms with Crippen molar-refractivity contribution in [1.29, 1.82) is 0 Å². The van der Waals surface area contributed by atoms with Crippen molar-refractivity contribution in [2.45, 2.75) is 32.0 Å². The molecule has 0 bridgehead atoms. The Bertz CT molecular complexity index is 324. The van der Waals surface area contributed by atoms with E-state index in [4.69, 9.17) is 0 Å². The van der Waals surface area contributed by atoms with Gasteiger partial charge in [0.05, 0.1) is 5.75 Å². The Morgan fingerprint density at radius 2 is 2.40 bits per heavy atom. The molecule has 0 aliphatic carbocycles. The smallest absolute Gasteiger partial charge is 0.230 e. The molecule has 0 fully saturated rings. The van der Waals surface area contributed by atoms with E-state index in [2.05, 4.69) is 29.4 Å². The van der Waals surface area contributed by atoms with E-state index in [9.17, 15) is 4.79 Å². The molecule has 5 nitrogen and oxygen atoms in total. The van der Waals surface area contributed by atoms with Crippen molar-refractivity contribution in [3.8, 4) is 0 Å². The van der Waals surface area contributed by atoms with Crippen LogP contribution in [0.15, 0.2) is 11.5 Å². The number of carbonyl (C=O) groups is 1. The quantitative estimate of drug-likeness (QED) is 0.766. The van der Waals surface area contributed by atoms with Crippen LogP contribution in [0.3, 0.4) is 0 Å². The standard InChI is InChI=1S/C9H16N4OS/c1-4-10-8(14)5-15-9-12-11-6-13(9)7(2)3/h6-7H,4-5H2,1-3H3,(H,10,14). The molecule has 1 aromatic heterocycles. The second-order valence-corrected chi connectivity index (χ2v) is 4.30. The summed E-state index contributed by atoms with van der Waals surface area (Å²) >= 11 is 1.41. The lowest BCUT2D eigenvalue weighted by Crippen LogP contribution is -2.24. The van der Waals surface area contributed by atoms with Crippen LogP contribution >= 0.6 is 11.8 Å². The van der Waals surface area contributed by atoms with Gasteiger partial charge in [-0.05, 0) is 20.8 Å². The second-order valence-electron chi connectivity index (χ2n) is 3.36. The molecule has 0 saturated carbocycles. The summed E-state index contributed by atoms with van der Waals surface area (Å²) in [6.07, 6.45) is 1.69. The zero-order valence-electron chi connectivity index (χ0n) is 9.23. The van der Waals surface area contributed by atoms with Gasteiger partial charge < -0.3 is 9.88 Å². The number of aromatic nitrogens is 3.